The van der Waals surface area contributed by atoms with Gasteiger partial charge in [-0.05, 0) is 26.8 Å². The van der Waals surface area contributed by atoms with Crippen molar-refractivity contribution in [2.24, 2.45) is 0 Å². The normalized spacial score (nSPS) is 15.2. The monoisotopic (exact) mass is 254 g/mol. The van der Waals surface area contributed by atoms with E-state index in [1.807, 2.05) is 13.8 Å². The molecule has 0 aliphatic rings. The number of hydrogen-bond acceptors (Lipinski definition) is 3. The molecule has 1 atom stereocenters. The molecule has 0 amide bonds. The van der Waals surface area contributed by atoms with E-state index in [2.05, 4.69) is 5.10 Å². The van der Waals surface area contributed by atoms with Crippen molar-refractivity contribution in [3.05, 3.63) is 41.1 Å². The van der Waals surface area contributed by atoms with Gasteiger partial charge in [-0.1, -0.05) is 11.6 Å². The van der Waals surface area contributed by atoms with Gasteiger partial charge in [0, 0.05) is 11.6 Å². The van der Waals surface area contributed by atoms with Crippen molar-refractivity contribution in [1.82, 2.24) is 9.78 Å². The molecule has 2 aromatic rings. The summed E-state index contributed by atoms with van der Waals surface area (Å²) in [4.78, 5) is 0. The third-order valence-electron chi connectivity index (χ3n) is 2.78. The van der Waals surface area contributed by atoms with Gasteiger partial charge in [0.2, 0.25) is 0 Å². The van der Waals surface area contributed by atoms with Gasteiger partial charge in [0.25, 0.3) is 0 Å². The Kier molecular flexibility index (Phi) is 3.02. The van der Waals surface area contributed by atoms with Crippen molar-refractivity contribution >= 4 is 11.6 Å². The molecule has 0 spiro atoms. The molecular weight excluding hydrogens is 240 g/mol. The van der Waals surface area contributed by atoms with Crippen LogP contribution in [0, 0.1) is 0 Å². The first-order chi connectivity index (χ1) is 7.94. The van der Waals surface area contributed by atoms with Crippen LogP contribution in [0.15, 0.2) is 29.2 Å². The highest BCUT2D eigenvalue weighted by atomic mass is 35.5. The van der Waals surface area contributed by atoms with Crippen LogP contribution in [0.5, 0.6) is 0 Å². The third-order valence-corrected chi connectivity index (χ3v) is 3.06. The fraction of sp³-hybridized carbons (Fsp3) is 0.417. The molecule has 0 fully saturated rings. The fourth-order valence-electron chi connectivity index (χ4n) is 1.87. The minimum atomic E-state index is -1.22. The molecule has 1 N–H and O–H groups in total. The van der Waals surface area contributed by atoms with Crippen LogP contribution in [0.1, 0.15) is 38.1 Å². The van der Waals surface area contributed by atoms with Gasteiger partial charge in [-0.3, -0.25) is 4.68 Å². The highest BCUT2D eigenvalue weighted by molar-refractivity contribution is 6.31. The van der Waals surface area contributed by atoms with Gasteiger partial charge in [0.1, 0.15) is 5.60 Å². The molecular formula is C12H15ClN2O2. The van der Waals surface area contributed by atoms with Crippen LogP contribution in [0.25, 0.3) is 0 Å². The summed E-state index contributed by atoms with van der Waals surface area (Å²) in [6.07, 6.45) is 4.58. The van der Waals surface area contributed by atoms with Crippen molar-refractivity contribution in [3.8, 4) is 0 Å². The average molecular weight is 255 g/mol. The molecule has 0 radical (unpaired) electrons. The second kappa shape index (κ2) is 4.20. The summed E-state index contributed by atoms with van der Waals surface area (Å²) in [5.74, 6) is 0. The maximum Gasteiger partial charge on any atom is 0.133 e. The highest BCUT2D eigenvalue weighted by Crippen LogP contribution is 2.35. The lowest BCUT2D eigenvalue weighted by Crippen LogP contribution is -2.27. The second-order valence-electron chi connectivity index (χ2n) is 4.46. The maximum atomic E-state index is 10.6. The van der Waals surface area contributed by atoms with E-state index in [0.29, 0.717) is 16.3 Å². The molecule has 2 rings (SSSR count). The predicted octanol–water partition coefficient (Wildman–Crippen LogP) is 2.97. The standard InChI is InChI=1S/C12H15ClN2O2/c1-8(2)15-11(10(13)6-14-15)12(3,16)9-4-5-17-7-9/h4-8,16H,1-3H3. The van der Waals surface area contributed by atoms with E-state index < -0.39 is 5.60 Å². The SMILES string of the molecule is CC(C)n1ncc(Cl)c1C(C)(O)c1ccoc1. The summed E-state index contributed by atoms with van der Waals surface area (Å²) in [6.45, 7) is 5.65. The summed E-state index contributed by atoms with van der Waals surface area (Å²) >= 11 is 6.12. The summed E-state index contributed by atoms with van der Waals surface area (Å²) in [5.41, 5.74) is 0.0163. The fourth-order valence-corrected chi connectivity index (χ4v) is 2.18. The first-order valence-corrected chi connectivity index (χ1v) is 5.81. The maximum absolute atomic E-state index is 10.6. The summed E-state index contributed by atoms with van der Waals surface area (Å²) in [6, 6.07) is 1.84. The molecule has 0 aliphatic carbocycles. The van der Waals surface area contributed by atoms with E-state index in [4.69, 9.17) is 16.0 Å². The van der Waals surface area contributed by atoms with E-state index in [1.165, 1.54) is 12.5 Å². The largest absolute Gasteiger partial charge is 0.472 e. The Morgan fingerprint density at radius 3 is 2.76 bits per heavy atom. The van der Waals surface area contributed by atoms with Crippen molar-refractivity contribution in [1.29, 1.82) is 0 Å². The van der Waals surface area contributed by atoms with E-state index in [0.717, 1.165) is 0 Å². The third kappa shape index (κ3) is 1.98. The highest BCUT2D eigenvalue weighted by Gasteiger charge is 2.33. The Labute approximate surface area is 105 Å². The zero-order valence-corrected chi connectivity index (χ0v) is 10.8. The average Bonchev–Trinajstić information content (AvgIpc) is 2.84. The van der Waals surface area contributed by atoms with E-state index in [9.17, 15) is 5.11 Å². The number of aliphatic hydroxyl groups is 1. The van der Waals surface area contributed by atoms with Gasteiger partial charge < -0.3 is 9.52 Å². The minimum absolute atomic E-state index is 0.121. The zero-order valence-electron chi connectivity index (χ0n) is 10.0. The number of furan rings is 1. The Hall–Kier alpha value is -1.26. The van der Waals surface area contributed by atoms with E-state index in [-0.39, 0.29) is 6.04 Å². The quantitative estimate of drug-likeness (QED) is 0.916. The van der Waals surface area contributed by atoms with Gasteiger partial charge in [-0.15, -0.1) is 0 Å². The van der Waals surface area contributed by atoms with Gasteiger partial charge in [0.15, 0.2) is 0 Å². The van der Waals surface area contributed by atoms with Gasteiger partial charge in [-0.2, -0.15) is 5.10 Å². The van der Waals surface area contributed by atoms with Crippen LogP contribution in [-0.4, -0.2) is 14.9 Å². The van der Waals surface area contributed by atoms with Crippen molar-refractivity contribution < 1.29 is 9.52 Å². The summed E-state index contributed by atoms with van der Waals surface area (Å²) in [7, 11) is 0. The lowest BCUT2D eigenvalue weighted by atomic mass is 9.94. The zero-order chi connectivity index (χ0) is 12.6. The summed E-state index contributed by atoms with van der Waals surface area (Å²) < 4.78 is 6.72. The summed E-state index contributed by atoms with van der Waals surface area (Å²) in [5, 5.41) is 15.3. The minimum Gasteiger partial charge on any atom is -0.472 e. The molecule has 4 nitrogen and oxygen atoms in total. The van der Waals surface area contributed by atoms with Gasteiger partial charge in [0.05, 0.1) is 29.4 Å². The van der Waals surface area contributed by atoms with Crippen LogP contribution in [0.3, 0.4) is 0 Å². The molecule has 92 valence electrons. The van der Waals surface area contributed by atoms with Crippen LogP contribution in [0.4, 0.5) is 0 Å². The molecule has 2 heterocycles. The number of rotatable bonds is 3. The lowest BCUT2D eigenvalue weighted by molar-refractivity contribution is 0.0894. The topological polar surface area (TPSA) is 51.2 Å². The molecule has 0 aromatic carbocycles. The van der Waals surface area contributed by atoms with Crippen molar-refractivity contribution in [2.75, 3.05) is 0 Å². The number of halogens is 1. The molecule has 17 heavy (non-hydrogen) atoms. The van der Waals surface area contributed by atoms with Crippen LogP contribution >= 0.6 is 11.6 Å². The Morgan fingerprint density at radius 1 is 1.53 bits per heavy atom. The van der Waals surface area contributed by atoms with Gasteiger partial charge in [-0.25, -0.2) is 0 Å². The molecule has 0 saturated heterocycles. The van der Waals surface area contributed by atoms with Gasteiger partial charge >= 0.3 is 0 Å². The number of nitrogens with zero attached hydrogens (tertiary/aromatic N) is 2. The van der Waals surface area contributed by atoms with Crippen molar-refractivity contribution in [3.63, 3.8) is 0 Å². The molecule has 2 aromatic heterocycles. The molecule has 5 heteroatoms. The predicted molar refractivity (Wildman–Crippen MR) is 65.0 cm³/mol. The Balaban J connectivity index is 2.56. The van der Waals surface area contributed by atoms with E-state index >= 15 is 0 Å². The van der Waals surface area contributed by atoms with Crippen LogP contribution in [0.2, 0.25) is 5.02 Å². The smallest absolute Gasteiger partial charge is 0.133 e. The molecule has 1 unspecified atom stereocenters. The van der Waals surface area contributed by atoms with Crippen LogP contribution in [-0.2, 0) is 5.60 Å². The second-order valence-corrected chi connectivity index (χ2v) is 4.87. The lowest BCUT2D eigenvalue weighted by Gasteiger charge is -2.25. The Morgan fingerprint density at radius 2 is 2.24 bits per heavy atom. The van der Waals surface area contributed by atoms with Crippen molar-refractivity contribution in [2.45, 2.75) is 32.4 Å². The Bertz CT molecular complexity index is 501. The first-order valence-electron chi connectivity index (χ1n) is 5.43. The van der Waals surface area contributed by atoms with Crippen LogP contribution < -0.4 is 0 Å². The molecule has 0 bridgehead atoms. The first kappa shape index (κ1) is 12.2. The number of aromatic nitrogens is 2. The molecule has 0 saturated carbocycles. The van der Waals surface area contributed by atoms with E-state index in [1.54, 1.807) is 23.9 Å². The molecule has 0 aliphatic heterocycles. The number of hydrogen-bond donors (Lipinski definition) is 1.